The van der Waals surface area contributed by atoms with E-state index >= 15 is 0 Å². The Morgan fingerprint density at radius 1 is 1.50 bits per heavy atom. The van der Waals surface area contributed by atoms with Gasteiger partial charge >= 0.3 is 15.5 Å². The minimum Gasteiger partial charge on any atom is -0.381 e. The van der Waals surface area contributed by atoms with Crippen LogP contribution >= 0.6 is 9.24 Å². The fraction of sp³-hybridized carbons (Fsp3) is 1.00. The Labute approximate surface area is 70.5 Å². The number of methoxy groups -OCH3 is 1. The lowest BCUT2D eigenvalue weighted by Crippen LogP contribution is -2.30. The van der Waals surface area contributed by atoms with Crippen LogP contribution in [0.3, 0.4) is 0 Å². The van der Waals surface area contributed by atoms with Gasteiger partial charge in [-0.1, -0.05) is 0 Å². The van der Waals surface area contributed by atoms with E-state index in [1.807, 2.05) is 0 Å². The Hall–Kier alpha value is 0.0900. The van der Waals surface area contributed by atoms with Crippen molar-refractivity contribution in [2.45, 2.75) is 5.51 Å². The van der Waals surface area contributed by atoms with Gasteiger partial charge in [-0.05, 0) is 0 Å². The van der Waals surface area contributed by atoms with Crippen LogP contribution in [-0.4, -0.2) is 27.4 Å². The zero-order valence-corrected chi connectivity index (χ0v) is 8.10. The lowest BCUT2D eigenvalue weighted by molar-refractivity contribution is -0.0436. The van der Waals surface area contributed by atoms with Gasteiger partial charge in [-0.2, -0.15) is 13.2 Å². The van der Waals surface area contributed by atoms with Gasteiger partial charge in [0.1, 0.15) is 0 Å². The summed E-state index contributed by atoms with van der Waals surface area (Å²) in [7, 11) is -1.25. The highest BCUT2D eigenvalue weighted by Gasteiger charge is 2.42. The molecule has 2 N–H and O–H groups in total. The largest absolute Gasteiger partial charge is 0.511 e. The van der Waals surface area contributed by atoms with Crippen molar-refractivity contribution in [3.63, 3.8) is 0 Å². The minimum absolute atomic E-state index is 0.736. The van der Waals surface area contributed by atoms with Crippen LogP contribution in [-0.2, 0) is 14.8 Å². The summed E-state index contributed by atoms with van der Waals surface area (Å²) in [5.41, 5.74) is -5.31. The summed E-state index contributed by atoms with van der Waals surface area (Å²) >= 11 is 0. The quantitative estimate of drug-likeness (QED) is 0.653. The molecule has 0 fully saturated rings. The molecule has 76 valence electrons. The van der Waals surface area contributed by atoms with E-state index in [2.05, 4.69) is 19.1 Å². The van der Waals surface area contributed by atoms with Crippen LogP contribution in [0.25, 0.3) is 0 Å². The first-order valence-corrected chi connectivity index (χ1v) is 4.81. The van der Waals surface area contributed by atoms with Crippen molar-refractivity contribution in [1.29, 1.82) is 0 Å². The summed E-state index contributed by atoms with van der Waals surface area (Å²) in [5.74, 6) is 0. The minimum atomic E-state index is -5.34. The maximum Gasteiger partial charge on any atom is 0.511 e. The summed E-state index contributed by atoms with van der Waals surface area (Å²) in [6, 6.07) is 0. The third-order valence-electron chi connectivity index (χ3n) is 0.489. The second-order valence-corrected chi connectivity index (χ2v) is 3.33. The molecule has 0 aromatic carbocycles. The lowest BCUT2D eigenvalue weighted by atomic mass is 11.5. The summed E-state index contributed by atoms with van der Waals surface area (Å²) in [5, 5.41) is 3.66. The third kappa shape index (κ3) is 8.19. The number of ether oxygens (including phenoxy) is 1. The summed E-state index contributed by atoms with van der Waals surface area (Å²) in [6.45, 7) is 0. The van der Waals surface area contributed by atoms with Crippen LogP contribution in [0.2, 0.25) is 0 Å². The molecule has 12 heavy (non-hydrogen) atoms. The second kappa shape index (κ2) is 5.69. The molecule has 9 heteroatoms. The molecule has 0 rings (SSSR count). The van der Waals surface area contributed by atoms with Crippen LogP contribution in [0.5, 0.6) is 0 Å². The molecule has 1 unspecified atom stereocenters. The molecule has 0 spiro atoms. The molecule has 0 aliphatic carbocycles. The van der Waals surface area contributed by atoms with E-state index in [0.717, 1.165) is 6.35 Å². The topological polar surface area (TPSA) is 69.4 Å². The van der Waals surface area contributed by atoms with E-state index in [1.165, 1.54) is 0 Å². The second-order valence-electron chi connectivity index (χ2n) is 1.45. The third-order valence-corrected chi connectivity index (χ3v) is 1.47. The number of primary sulfonamides is 1. The maximum absolute atomic E-state index is 10.8. The van der Waals surface area contributed by atoms with Gasteiger partial charge in [0, 0.05) is 7.11 Å². The molecule has 0 aliphatic rings. The van der Waals surface area contributed by atoms with E-state index in [4.69, 9.17) is 0 Å². The molecule has 4 nitrogen and oxygen atoms in total. The van der Waals surface area contributed by atoms with Crippen LogP contribution in [0.1, 0.15) is 0 Å². The molecule has 0 amide bonds. The standard InChI is InChI=1S/C2H7OP.CH2F3NO2S/c1-3-2-4;2-1(3,4)8(5,6)7/h2,4H2,1H3;(H2,5,6,7). The Morgan fingerprint density at radius 3 is 1.67 bits per heavy atom. The number of nitrogens with two attached hydrogens (primary N) is 1. The van der Waals surface area contributed by atoms with Crippen LogP contribution in [0.15, 0.2) is 0 Å². The van der Waals surface area contributed by atoms with Crippen molar-refractivity contribution in [2.75, 3.05) is 13.5 Å². The van der Waals surface area contributed by atoms with E-state index in [1.54, 1.807) is 7.11 Å². The van der Waals surface area contributed by atoms with E-state index in [0.29, 0.717) is 0 Å². The van der Waals surface area contributed by atoms with Crippen LogP contribution in [0.4, 0.5) is 13.2 Å². The fourth-order valence-electron chi connectivity index (χ4n) is 0. The molecule has 0 saturated carbocycles. The number of sulfonamides is 1. The Morgan fingerprint density at radius 2 is 1.67 bits per heavy atom. The smallest absolute Gasteiger partial charge is 0.381 e. The van der Waals surface area contributed by atoms with Crippen molar-refractivity contribution >= 4 is 19.3 Å². The molecule has 0 aromatic heterocycles. The van der Waals surface area contributed by atoms with E-state index in [9.17, 15) is 21.6 Å². The number of hydrogen-bond donors (Lipinski definition) is 1. The van der Waals surface area contributed by atoms with Gasteiger partial charge in [-0.25, -0.2) is 13.6 Å². The van der Waals surface area contributed by atoms with Gasteiger partial charge in [-0.3, -0.25) is 0 Å². The molecule has 0 aromatic rings. The SMILES string of the molecule is COCP.NS(=O)(=O)C(F)(F)F. The van der Waals surface area contributed by atoms with Gasteiger partial charge < -0.3 is 4.74 Å². The average molecular weight is 227 g/mol. The molecule has 0 aliphatic heterocycles. The van der Waals surface area contributed by atoms with Crippen molar-refractivity contribution in [1.82, 2.24) is 0 Å². The highest BCUT2D eigenvalue weighted by molar-refractivity contribution is 7.90. The first kappa shape index (κ1) is 14.6. The Kier molecular flexibility index (Phi) is 6.92. The van der Waals surface area contributed by atoms with E-state index < -0.39 is 15.5 Å². The van der Waals surface area contributed by atoms with Gasteiger partial charge in [0.05, 0.1) is 6.35 Å². The zero-order chi connectivity index (χ0) is 10.4. The molecule has 0 bridgehead atoms. The van der Waals surface area contributed by atoms with Crippen LogP contribution < -0.4 is 5.14 Å². The first-order valence-electron chi connectivity index (χ1n) is 2.45. The number of halogens is 3. The fourth-order valence-corrected chi connectivity index (χ4v) is 0. The zero-order valence-electron chi connectivity index (χ0n) is 6.13. The van der Waals surface area contributed by atoms with E-state index in [-0.39, 0.29) is 0 Å². The predicted molar refractivity (Wildman–Crippen MR) is 40.7 cm³/mol. The Bertz CT molecular complexity index is 199. The summed E-state index contributed by atoms with van der Waals surface area (Å²) in [6.07, 6.45) is 0.736. The highest BCUT2D eigenvalue weighted by atomic mass is 32.2. The molecular weight excluding hydrogens is 218 g/mol. The van der Waals surface area contributed by atoms with Gasteiger partial charge in [-0.15, -0.1) is 9.24 Å². The Balaban J connectivity index is 0. The normalized spacial score (nSPS) is 11.8. The molecule has 0 heterocycles. The van der Waals surface area contributed by atoms with Crippen molar-refractivity contribution in [2.24, 2.45) is 5.14 Å². The van der Waals surface area contributed by atoms with Crippen molar-refractivity contribution in [3.05, 3.63) is 0 Å². The van der Waals surface area contributed by atoms with Crippen LogP contribution in [0, 0.1) is 0 Å². The van der Waals surface area contributed by atoms with Gasteiger partial charge in [0.15, 0.2) is 0 Å². The highest BCUT2D eigenvalue weighted by Crippen LogP contribution is 2.18. The first-order chi connectivity index (χ1) is 5.16. The number of hydrogen-bond acceptors (Lipinski definition) is 3. The predicted octanol–water partition coefficient (Wildman–Crippen LogP) is 0.260. The molecular formula is C3H9F3NO3PS. The van der Waals surface area contributed by atoms with Gasteiger partial charge in [0.25, 0.3) is 0 Å². The monoisotopic (exact) mass is 227 g/mol. The van der Waals surface area contributed by atoms with Crippen molar-refractivity contribution < 1.29 is 26.3 Å². The number of rotatable bonds is 1. The van der Waals surface area contributed by atoms with Crippen molar-refractivity contribution in [3.8, 4) is 0 Å². The summed E-state index contributed by atoms with van der Waals surface area (Å²) in [4.78, 5) is 0. The summed E-state index contributed by atoms with van der Waals surface area (Å²) < 4.78 is 55.7. The maximum atomic E-state index is 10.8. The lowest BCUT2D eigenvalue weighted by Gasteiger charge is -1.98. The number of alkyl halides is 3. The van der Waals surface area contributed by atoms with Gasteiger partial charge in [0.2, 0.25) is 0 Å². The molecule has 0 saturated heterocycles. The molecule has 1 atom stereocenters. The molecule has 0 radical (unpaired) electrons. The average Bonchev–Trinajstić information content (AvgIpc) is 1.84.